The van der Waals surface area contributed by atoms with Crippen molar-refractivity contribution in [3.8, 4) is 0 Å². The quantitative estimate of drug-likeness (QED) is 0.440. The first kappa shape index (κ1) is 8.42. The second kappa shape index (κ2) is 7.42. The van der Waals surface area contributed by atoms with Gasteiger partial charge in [-0.1, -0.05) is 0 Å². The number of rotatable bonds is 0. The van der Waals surface area contributed by atoms with Gasteiger partial charge in [-0.05, 0) is 0 Å². The Morgan fingerprint density at radius 3 is 1.62 bits per heavy atom. The molecule has 1 rings (SSSR count). The third-order valence-corrected chi connectivity index (χ3v) is 0.556. The molecule has 0 bridgehead atoms. The van der Waals surface area contributed by atoms with Crippen LogP contribution in [0.1, 0.15) is 0 Å². The van der Waals surface area contributed by atoms with Crippen molar-refractivity contribution in [3.63, 3.8) is 0 Å². The average molecular weight is 195 g/mol. The molecule has 0 saturated carbocycles. The van der Waals surface area contributed by atoms with Crippen molar-refractivity contribution in [3.05, 3.63) is 30.3 Å². The average Bonchev–Trinajstić information content (AvgIpc) is 2.17. The van der Waals surface area contributed by atoms with Crippen molar-refractivity contribution in [1.29, 1.82) is 0 Å². The Kier molecular flexibility index (Phi) is 7.82. The Morgan fingerprint density at radius 1 is 1.12 bits per heavy atom. The van der Waals surface area contributed by atoms with Gasteiger partial charge < -0.3 is 0 Å². The van der Waals surface area contributed by atoms with Crippen LogP contribution in [0.2, 0.25) is 0 Å². The fourth-order valence-corrected chi connectivity index (χ4v) is 0.321. The molecule has 0 N–H and O–H groups in total. The minimum atomic E-state index is 0.569. The molecule has 0 aliphatic carbocycles. The summed E-state index contributed by atoms with van der Waals surface area (Å²) in [5, 5.41) is 0. The molecule has 0 radical (unpaired) electrons. The molecule has 0 spiro atoms. The van der Waals surface area contributed by atoms with Gasteiger partial charge in [0.2, 0.25) is 0 Å². The van der Waals surface area contributed by atoms with Crippen LogP contribution in [-0.4, -0.2) is 0 Å². The van der Waals surface area contributed by atoms with Gasteiger partial charge in [-0.15, -0.1) is 0 Å². The maximum Gasteiger partial charge on any atom is -0.172 e. The van der Waals surface area contributed by atoms with Crippen LogP contribution in [0.4, 0.5) is 0 Å². The van der Waals surface area contributed by atoms with Crippen molar-refractivity contribution < 1.29 is 12.7 Å². The second-order valence-electron chi connectivity index (χ2n) is 1.01. The van der Waals surface area contributed by atoms with Gasteiger partial charge in [0.05, 0.1) is 0 Å². The van der Waals surface area contributed by atoms with Gasteiger partial charge in [0.15, 0.2) is 0 Å². The summed E-state index contributed by atoms with van der Waals surface area (Å²) >= 11 is 0.569. The van der Waals surface area contributed by atoms with Crippen molar-refractivity contribution in [2.45, 2.75) is 0 Å². The van der Waals surface area contributed by atoms with Gasteiger partial charge >= 0.3 is 33.0 Å². The third kappa shape index (κ3) is 6.42. The van der Waals surface area contributed by atoms with E-state index in [1.54, 1.807) is 0 Å². The molecule has 49 valence electrons. The van der Waals surface area contributed by atoms with E-state index >= 15 is 0 Å². The van der Waals surface area contributed by atoms with Crippen LogP contribution in [-0.2, 0) is 12.7 Å². The molecular weight excluding hydrogens is 190 g/mol. The predicted molar refractivity (Wildman–Crippen MR) is 33.7 cm³/mol. The predicted octanol–water partition coefficient (Wildman–Crippen LogP) is 2.78. The SMILES string of the molecule is [Cl][Ni+][Cl].c1cc[cH-]c1. The van der Waals surface area contributed by atoms with Crippen molar-refractivity contribution in [2.24, 2.45) is 0 Å². The number of halogens is 2. The molecule has 1 aromatic rings. The normalized spacial score (nSPS) is 7.75. The van der Waals surface area contributed by atoms with E-state index in [2.05, 4.69) is 0 Å². The molecule has 0 atom stereocenters. The standard InChI is InChI=1S/C5H5.2ClH.Ni/c1-2-4-5-3-1;;;/h1-5H;2*1H;/q-1;;;+3/p-2. The van der Waals surface area contributed by atoms with Crippen molar-refractivity contribution in [1.82, 2.24) is 0 Å². The third-order valence-electron chi connectivity index (χ3n) is 0.556. The summed E-state index contributed by atoms with van der Waals surface area (Å²) in [5.74, 6) is 0. The largest absolute Gasteiger partial charge is 0.214 e. The zero-order valence-corrected chi connectivity index (χ0v) is 6.46. The molecule has 0 nitrogen and oxygen atoms in total. The minimum absolute atomic E-state index is 0.569. The molecule has 1 aromatic carbocycles. The van der Waals surface area contributed by atoms with E-state index < -0.39 is 0 Å². The fourth-order valence-electron chi connectivity index (χ4n) is 0.321. The van der Waals surface area contributed by atoms with Crippen LogP contribution in [0.15, 0.2) is 30.3 Å². The van der Waals surface area contributed by atoms with Gasteiger partial charge in [-0.3, -0.25) is 0 Å². The summed E-state index contributed by atoms with van der Waals surface area (Å²) in [6.45, 7) is 0. The maximum atomic E-state index is 4.70. The Labute approximate surface area is 63.5 Å². The van der Waals surface area contributed by atoms with E-state index in [1.807, 2.05) is 30.3 Å². The molecule has 0 unspecified atom stereocenters. The van der Waals surface area contributed by atoms with E-state index in [9.17, 15) is 0 Å². The first-order chi connectivity index (χ1) is 3.91. The van der Waals surface area contributed by atoms with E-state index in [-0.39, 0.29) is 0 Å². The molecule has 3 heteroatoms. The van der Waals surface area contributed by atoms with E-state index in [4.69, 9.17) is 20.4 Å². The number of hydrogen-bond acceptors (Lipinski definition) is 0. The van der Waals surface area contributed by atoms with E-state index in [0.29, 0.717) is 12.7 Å². The molecule has 0 heterocycles. The van der Waals surface area contributed by atoms with E-state index in [1.165, 1.54) is 0 Å². The smallest absolute Gasteiger partial charge is 0.172 e. The molecule has 0 aliphatic rings. The summed E-state index contributed by atoms with van der Waals surface area (Å²) in [5.41, 5.74) is 0. The van der Waals surface area contributed by atoms with Crippen LogP contribution in [0.25, 0.3) is 0 Å². The minimum Gasteiger partial charge on any atom is -0.214 e. The Bertz CT molecular complexity index is 77.3. The van der Waals surface area contributed by atoms with E-state index in [0.717, 1.165) is 0 Å². The molecule has 8 heavy (non-hydrogen) atoms. The molecule has 0 aliphatic heterocycles. The number of hydrogen-bond donors (Lipinski definition) is 0. The summed E-state index contributed by atoms with van der Waals surface area (Å²) in [7, 11) is 9.40. The zero-order chi connectivity index (χ0) is 6.24. The summed E-state index contributed by atoms with van der Waals surface area (Å²) in [6.07, 6.45) is 0. The second-order valence-corrected chi connectivity index (χ2v) is 2.64. The van der Waals surface area contributed by atoms with Crippen molar-refractivity contribution in [2.75, 3.05) is 0 Å². The first-order valence-corrected chi connectivity index (χ1v) is 4.62. The first-order valence-electron chi connectivity index (χ1n) is 1.91. The monoisotopic (exact) mass is 193 g/mol. The van der Waals surface area contributed by atoms with Crippen molar-refractivity contribution >= 4 is 20.4 Å². The molecule has 0 amide bonds. The van der Waals surface area contributed by atoms with Gasteiger partial charge in [-0.25, -0.2) is 12.1 Å². The molecule has 0 fully saturated rings. The molecule has 0 saturated heterocycles. The summed E-state index contributed by atoms with van der Waals surface area (Å²) in [4.78, 5) is 0. The topological polar surface area (TPSA) is 0 Å². The summed E-state index contributed by atoms with van der Waals surface area (Å²) < 4.78 is 0. The fraction of sp³-hybridized carbons (Fsp3) is 0. The van der Waals surface area contributed by atoms with Gasteiger partial charge in [0.25, 0.3) is 0 Å². The Balaban J connectivity index is 0.000000145. The van der Waals surface area contributed by atoms with Crippen LogP contribution < -0.4 is 0 Å². The Morgan fingerprint density at radius 2 is 1.50 bits per heavy atom. The van der Waals surface area contributed by atoms with Crippen LogP contribution >= 0.6 is 20.4 Å². The maximum absolute atomic E-state index is 4.70. The zero-order valence-electron chi connectivity index (χ0n) is 3.96. The van der Waals surface area contributed by atoms with Gasteiger partial charge in [0, 0.05) is 0 Å². The van der Waals surface area contributed by atoms with Gasteiger partial charge in [-0.2, -0.15) is 18.2 Å². The Hall–Kier alpha value is 0.424. The van der Waals surface area contributed by atoms with Crippen LogP contribution in [0, 0.1) is 0 Å². The van der Waals surface area contributed by atoms with Crippen LogP contribution in [0.5, 0.6) is 0 Å². The molecular formula is C5H5Cl2Ni. The van der Waals surface area contributed by atoms with Gasteiger partial charge in [0.1, 0.15) is 0 Å². The van der Waals surface area contributed by atoms with Crippen LogP contribution in [0.3, 0.4) is 0 Å². The summed E-state index contributed by atoms with van der Waals surface area (Å²) in [6, 6.07) is 10.0. The molecule has 0 aromatic heterocycles.